The normalized spacial score (nSPS) is 25.2. The first-order valence-electron chi connectivity index (χ1n) is 5.86. The van der Waals surface area contributed by atoms with Crippen molar-refractivity contribution in [2.75, 3.05) is 26.4 Å². The number of nitrogens with zero attached hydrogens (tertiary/aromatic N) is 1. The van der Waals surface area contributed by atoms with Crippen molar-refractivity contribution in [2.45, 2.75) is 39.2 Å². The molecule has 0 bridgehead atoms. The summed E-state index contributed by atoms with van der Waals surface area (Å²) in [5, 5.41) is 3.34. The molecule has 0 aromatic heterocycles. The average molecular weight is 248 g/mol. The van der Waals surface area contributed by atoms with Gasteiger partial charge in [-0.15, -0.1) is 0 Å². The van der Waals surface area contributed by atoms with Gasteiger partial charge in [0, 0.05) is 26.7 Å². The topological polar surface area (TPSA) is 49.4 Å². The predicted octanol–water partition coefficient (Wildman–Crippen LogP) is 1.05. The third-order valence-electron chi connectivity index (χ3n) is 3.32. The zero-order valence-corrected chi connectivity index (χ0v) is 11.6. The quantitative estimate of drug-likeness (QED) is 0.791. The average Bonchev–Trinajstić information content (AvgIpc) is 2.45. The number of hydrogen-bond acceptors (Lipinski definition) is 3. The largest absolute Gasteiger partial charge is 0.313 e. The third-order valence-corrected chi connectivity index (χ3v) is 5.15. The molecule has 0 radical (unpaired) electrons. The van der Waals surface area contributed by atoms with E-state index in [0.29, 0.717) is 18.0 Å². The van der Waals surface area contributed by atoms with E-state index in [9.17, 15) is 8.42 Å². The molecule has 0 aliphatic heterocycles. The Morgan fingerprint density at radius 2 is 2.00 bits per heavy atom. The van der Waals surface area contributed by atoms with E-state index in [1.165, 1.54) is 10.7 Å². The zero-order chi connectivity index (χ0) is 12.4. The molecule has 1 saturated carbocycles. The van der Waals surface area contributed by atoms with Crippen LogP contribution in [-0.2, 0) is 10.0 Å². The van der Waals surface area contributed by atoms with Crippen LogP contribution in [-0.4, -0.2) is 45.2 Å². The van der Waals surface area contributed by atoms with Gasteiger partial charge in [0.05, 0.1) is 5.75 Å². The Morgan fingerprint density at radius 1 is 1.38 bits per heavy atom. The van der Waals surface area contributed by atoms with Crippen LogP contribution in [0.15, 0.2) is 0 Å². The molecule has 0 heterocycles. The van der Waals surface area contributed by atoms with Gasteiger partial charge < -0.3 is 5.32 Å². The van der Waals surface area contributed by atoms with Gasteiger partial charge in [0.1, 0.15) is 0 Å². The highest BCUT2D eigenvalue weighted by Gasteiger charge is 2.30. The van der Waals surface area contributed by atoms with Crippen molar-refractivity contribution >= 4 is 10.0 Å². The molecule has 1 aliphatic carbocycles. The first-order chi connectivity index (χ1) is 7.23. The second-order valence-electron chi connectivity index (χ2n) is 5.66. The first-order valence-corrected chi connectivity index (χ1v) is 7.47. The summed E-state index contributed by atoms with van der Waals surface area (Å²) in [5.41, 5.74) is 0.415. The minimum Gasteiger partial charge on any atom is -0.313 e. The summed E-state index contributed by atoms with van der Waals surface area (Å²) in [5.74, 6) is 0.191. The van der Waals surface area contributed by atoms with Gasteiger partial charge in [-0.1, -0.05) is 13.8 Å². The van der Waals surface area contributed by atoms with Crippen LogP contribution in [0.25, 0.3) is 0 Å². The van der Waals surface area contributed by atoms with Crippen LogP contribution in [0.3, 0.4) is 0 Å². The fraction of sp³-hybridized carbons (Fsp3) is 1.00. The van der Waals surface area contributed by atoms with Crippen LogP contribution in [0.4, 0.5) is 0 Å². The Bertz CT molecular complexity index is 323. The van der Waals surface area contributed by atoms with Crippen LogP contribution >= 0.6 is 0 Å². The van der Waals surface area contributed by atoms with E-state index in [1.807, 2.05) is 0 Å². The van der Waals surface area contributed by atoms with E-state index in [-0.39, 0.29) is 5.75 Å². The summed E-state index contributed by atoms with van der Waals surface area (Å²) in [6.07, 6.45) is 3.54. The highest BCUT2D eigenvalue weighted by molar-refractivity contribution is 7.89. The standard InChI is InChI=1S/C11H24N2O2S/c1-11(2)6-5-10(9-11)12-7-8-16(14,15)13(3)4/h10,12H,5-9H2,1-4H3. The Morgan fingerprint density at radius 3 is 2.44 bits per heavy atom. The van der Waals surface area contributed by atoms with Crippen LogP contribution in [0.5, 0.6) is 0 Å². The van der Waals surface area contributed by atoms with Crippen LogP contribution in [0.2, 0.25) is 0 Å². The molecule has 1 fully saturated rings. The van der Waals surface area contributed by atoms with Crippen molar-refractivity contribution in [2.24, 2.45) is 5.41 Å². The van der Waals surface area contributed by atoms with E-state index in [0.717, 1.165) is 12.8 Å². The van der Waals surface area contributed by atoms with Crippen molar-refractivity contribution in [3.63, 3.8) is 0 Å². The maximum atomic E-state index is 11.5. The maximum Gasteiger partial charge on any atom is 0.214 e. The molecule has 16 heavy (non-hydrogen) atoms. The molecular formula is C11H24N2O2S. The molecule has 1 N–H and O–H groups in total. The van der Waals surface area contributed by atoms with E-state index in [2.05, 4.69) is 19.2 Å². The molecule has 0 aromatic rings. The van der Waals surface area contributed by atoms with Gasteiger partial charge in [-0.2, -0.15) is 0 Å². The lowest BCUT2D eigenvalue weighted by molar-refractivity contribution is 0.366. The second-order valence-corrected chi connectivity index (χ2v) is 7.96. The Hall–Kier alpha value is -0.130. The van der Waals surface area contributed by atoms with Crippen molar-refractivity contribution in [3.05, 3.63) is 0 Å². The molecule has 0 amide bonds. The lowest BCUT2D eigenvalue weighted by Gasteiger charge is -2.18. The molecule has 0 saturated heterocycles. The highest BCUT2D eigenvalue weighted by atomic mass is 32.2. The van der Waals surface area contributed by atoms with Gasteiger partial charge >= 0.3 is 0 Å². The molecule has 0 spiro atoms. The maximum absolute atomic E-state index is 11.5. The van der Waals surface area contributed by atoms with E-state index in [4.69, 9.17) is 0 Å². The number of hydrogen-bond donors (Lipinski definition) is 1. The molecule has 96 valence electrons. The van der Waals surface area contributed by atoms with Crippen molar-refractivity contribution in [3.8, 4) is 0 Å². The molecule has 1 aliphatic rings. The summed E-state index contributed by atoms with van der Waals surface area (Å²) in [7, 11) is 0.107. The first kappa shape index (κ1) is 13.9. The lowest BCUT2D eigenvalue weighted by atomic mass is 9.92. The van der Waals surface area contributed by atoms with Gasteiger partial charge in [0.15, 0.2) is 0 Å². The zero-order valence-electron chi connectivity index (χ0n) is 10.8. The van der Waals surface area contributed by atoms with Gasteiger partial charge in [-0.3, -0.25) is 0 Å². The molecule has 1 unspecified atom stereocenters. The number of nitrogens with one attached hydrogen (secondary N) is 1. The van der Waals surface area contributed by atoms with Gasteiger partial charge in [0.2, 0.25) is 10.0 Å². The highest BCUT2D eigenvalue weighted by Crippen LogP contribution is 2.36. The molecular weight excluding hydrogens is 224 g/mol. The van der Waals surface area contributed by atoms with Crippen molar-refractivity contribution < 1.29 is 8.42 Å². The minimum atomic E-state index is -3.05. The van der Waals surface area contributed by atoms with Gasteiger partial charge in [-0.05, 0) is 24.7 Å². The Kier molecular flexibility index (Phi) is 4.37. The fourth-order valence-corrected chi connectivity index (χ4v) is 2.93. The molecule has 4 nitrogen and oxygen atoms in total. The third kappa shape index (κ3) is 4.03. The summed E-state index contributed by atoms with van der Waals surface area (Å²) >= 11 is 0. The summed E-state index contributed by atoms with van der Waals surface area (Å²) in [4.78, 5) is 0. The molecule has 5 heteroatoms. The van der Waals surface area contributed by atoms with Crippen LogP contribution in [0.1, 0.15) is 33.1 Å². The van der Waals surface area contributed by atoms with Crippen molar-refractivity contribution in [1.29, 1.82) is 0 Å². The second kappa shape index (κ2) is 5.02. The minimum absolute atomic E-state index is 0.191. The molecule has 0 aromatic carbocycles. The van der Waals surface area contributed by atoms with Crippen LogP contribution < -0.4 is 5.32 Å². The number of rotatable bonds is 5. The van der Waals surface area contributed by atoms with E-state index in [1.54, 1.807) is 14.1 Å². The van der Waals surface area contributed by atoms with Crippen molar-refractivity contribution in [1.82, 2.24) is 9.62 Å². The summed E-state index contributed by atoms with van der Waals surface area (Å²) in [6.45, 7) is 5.09. The Labute approximate surface area is 99.5 Å². The lowest BCUT2D eigenvalue weighted by Crippen LogP contribution is -2.35. The predicted molar refractivity (Wildman–Crippen MR) is 66.9 cm³/mol. The molecule has 1 rings (SSSR count). The van der Waals surface area contributed by atoms with E-state index >= 15 is 0 Å². The van der Waals surface area contributed by atoms with Crippen LogP contribution in [0, 0.1) is 5.41 Å². The SMILES string of the molecule is CN(C)S(=O)(=O)CCNC1CCC(C)(C)C1. The van der Waals surface area contributed by atoms with E-state index < -0.39 is 10.0 Å². The Balaban J connectivity index is 2.28. The summed E-state index contributed by atoms with van der Waals surface area (Å²) < 4.78 is 24.3. The molecule has 1 atom stereocenters. The fourth-order valence-electron chi connectivity index (χ4n) is 2.18. The van der Waals surface area contributed by atoms with Gasteiger partial charge in [-0.25, -0.2) is 12.7 Å². The van der Waals surface area contributed by atoms with Gasteiger partial charge in [0.25, 0.3) is 0 Å². The smallest absolute Gasteiger partial charge is 0.214 e. The summed E-state index contributed by atoms with van der Waals surface area (Å²) in [6, 6.07) is 0.493. The number of sulfonamides is 1. The monoisotopic (exact) mass is 248 g/mol.